The first-order valence-electron chi connectivity index (χ1n) is 11.1. The highest BCUT2D eigenvalue weighted by Gasteiger charge is 2.56. The van der Waals surface area contributed by atoms with Gasteiger partial charge in [0.25, 0.3) is 5.56 Å². The van der Waals surface area contributed by atoms with Gasteiger partial charge in [0.2, 0.25) is 5.91 Å². The Balaban J connectivity index is 1.40. The topological polar surface area (TPSA) is 76.0 Å². The van der Waals surface area contributed by atoms with Crippen molar-refractivity contribution < 1.29 is 9.18 Å². The van der Waals surface area contributed by atoms with Crippen molar-refractivity contribution >= 4 is 27.5 Å². The van der Waals surface area contributed by atoms with Gasteiger partial charge in [0, 0.05) is 6.04 Å². The Morgan fingerprint density at radius 1 is 1.31 bits per heavy atom. The number of amides is 1. The molecule has 3 saturated carbocycles. The van der Waals surface area contributed by atoms with Crippen LogP contribution in [0.1, 0.15) is 52.1 Å². The van der Waals surface area contributed by atoms with Crippen molar-refractivity contribution in [1.82, 2.24) is 15.1 Å². The van der Waals surface area contributed by atoms with Crippen LogP contribution in [0.3, 0.4) is 0 Å². The number of anilines is 1. The van der Waals surface area contributed by atoms with Crippen LogP contribution in [-0.4, -0.2) is 21.7 Å². The Morgan fingerprint density at radius 2 is 2.00 bits per heavy atom. The molecule has 0 aliphatic heterocycles. The first-order chi connectivity index (χ1) is 15.1. The fourth-order valence-corrected chi connectivity index (χ4v) is 5.90. The van der Waals surface area contributed by atoms with Gasteiger partial charge >= 0.3 is 0 Å². The fourth-order valence-electron chi connectivity index (χ4n) is 5.48. The molecule has 3 aliphatic carbocycles. The van der Waals surface area contributed by atoms with Gasteiger partial charge in [-0.25, -0.2) is 9.07 Å². The number of nitrogens with one attached hydrogen (secondary N) is 2. The van der Waals surface area contributed by atoms with Crippen LogP contribution < -0.4 is 16.2 Å². The van der Waals surface area contributed by atoms with Gasteiger partial charge in [-0.3, -0.25) is 9.59 Å². The molecule has 5 atom stereocenters. The van der Waals surface area contributed by atoms with E-state index in [0.717, 1.165) is 16.7 Å². The molecule has 3 fully saturated rings. The van der Waals surface area contributed by atoms with Crippen molar-refractivity contribution in [2.24, 2.45) is 23.2 Å². The van der Waals surface area contributed by atoms with Crippen molar-refractivity contribution in [3.8, 4) is 0 Å². The summed E-state index contributed by atoms with van der Waals surface area (Å²) in [5, 5.41) is 10.6. The molecule has 1 heterocycles. The van der Waals surface area contributed by atoms with Crippen molar-refractivity contribution in [3.05, 3.63) is 56.7 Å². The summed E-state index contributed by atoms with van der Waals surface area (Å²) >= 11 is 3.41. The van der Waals surface area contributed by atoms with Gasteiger partial charge in [-0.1, -0.05) is 32.9 Å². The van der Waals surface area contributed by atoms with Gasteiger partial charge in [-0.15, -0.1) is 0 Å². The Labute approximate surface area is 196 Å². The van der Waals surface area contributed by atoms with Crippen molar-refractivity contribution in [2.75, 3.05) is 5.32 Å². The Kier molecular flexibility index (Phi) is 6.18. The van der Waals surface area contributed by atoms with E-state index in [4.69, 9.17) is 0 Å². The molecule has 172 valence electrons. The second-order valence-corrected chi connectivity index (χ2v) is 10.7. The summed E-state index contributed by atoms with van der Waals surface area (Å²) in [5.74, 6) is 1.25. The highest BCUT2D eigenvalue weighted by Crippen LogP contribution is 2.61. The van der Waals surface area contributed by atoms with Crippen LogP contribution in [0.4, 0.5) is 10.1 Å². The van der Waals surface area contributed by atoms with Crippen LogP contribution >= 0.6 is 15.9 Å². The van der Waals surface area contributed by atoms with E-state index >= 15 is 0 Å². The van der Waals surface area contributed by atoms with Gasteiger partial charge in [-0.05, 0) is 76.6 Å². The summed E-state index contributed by atoms with van der Waals surface area (Å²) < 4.78 is 14.6. The van der Waals surface area contributed by atoms with Crippen LogP contribution in [0.15, 0.2) is 39.7 Å². The van der Waals surface area contributed by atoms with Gasteiger partial charge in [0.1, 0.15) is 16.8 Å². The third kappa shape index (κ3) is 4.21. The van der Waals surface area contributed by atoms with Gasteiger partial charge in [-0.2, -0.15) is 5.10 Å². The SMILES string of the molecule is CC(NC(=O)Cn1ncc(N[C@@H]2C[C@@H]3C[C@H]([C@H]2C)C3(C)C)c(Br)c1=O)c1ccc(F)cc1. The van der Waals surface area contributed by atoms with Crippen LogP contribution in [0.2, 0.25) is 0 Å². The number of hydrogen-bond acceptors (Lipinski definition) is 4. The summed E-state index contributed by atoms with van der Waals surface area (Å²) in [6.07, 6.45) is 3.99. The second kappa shape index (κ2) is 8.61. The number of aromatic nitrogens is 2. The summed E-state index contributed by atoms with van der Waals surface area (Å²) in [6, 6.07) is 5.94. The molecular weight excluding hydrogens is 475 g/mol. The quantitative estimate of drug-likeness (QED) is 0.606. The van der Waals surface area contributed by atoms with Crippen molar-refractivity contribution in [1.29, 1.82) is 0 Å². The molecule has 1 unspecified atom stereocenters. The van der Waals surface area contributed by atoms with Gasteiger partial charge in [0.15, 0.2) is 0 Å². The molecule has 32 heavy (non-hydrogen) atoms. The maximum Gasteiger partial charge on any atom is 0.283 e. The van der Waals surface area contributed by atoms with E-state index in [2.05, 4.69) is 52.4 Å². The monoisotopic (exact) mass is 504 g/mol. The molecule has 0 radical (unpaired) electrons. The first-order valence-corrected chi connectivity index (χ1v) is 11.9. The van der Waals surface area contributed by atoms with E-state index in [1.807, 2.05) is 6.92 Å². The average Bonchev–Trinajstić information content (AvgIpc) is 2.74. The lowest BCUT2D eigenvalue weighted by atomic mass is 9.45. The molecule has 2 bridgehead atoms. The molecule has 3 aliphatic rings. The van der Waals surface area contributed by atoms with E-state index in [-0.39, 0.29) is 29.9 Å². The maximum atomic E-state index is 13.1. The molecule has 8 heteroatoms. The zero-order valence-electron chi connectivity index (χ0n) is 18.9. The lowest BCUT2D eigenvalue weighted by Crippen LogP contribution is -2.58. The summed E-state index contributed by atoms with van der Waals surface area (Å²) in [4.78, 5) is 25.3. The van der Waals surface area contributed by atoms with Crippen LogP contribution in [-0.2, 0) is 11.3 Å². The normalized spacial score (nSPS) is 26.7. The maximum absolute atomic E-state index is 13.1. The molecule has 0 spiro atoms. The lowest BCUT2D eigenvalue weighted by Gasteiger charge is -2.62. The number of nitrogens with zero attached hydrogens (tertiary/aromatic N) is 2. The lowest BCUT2D eigenvalue weighted by molar-refractivity contribution is -0.122. The number of benzene rings is 1. The zero-order valence-corrected chi connectivity index (χ0v) is 20.4. The Morgan fingerprint density at radius 3 is 2.62 bits per heavy atom. The zero-order chi connectivity index (χ0) is 23.2. The summed E-state index contributed by atoms with van der Waals surface area (Å²) in [7, 11) is 0. The molecule has 1 aromatic heterocycles. The van der Waals surface area contributed by atoms with Crippen LogP contribution in [0.25, 0.3) is 0 Å². The van der Waals surface area contributed by atoms with Crippen LogP contribution in [0, 0.1) is 29.0 Å². The molecule has 1 amide bonds. The van der Waals surface area contributed by atoms with Crippen molar-refractivity contribution in [3.63, 3.8) is 0 Å². The van der Waals surface area contributed by atoms with E-state index in [9.17, 15) is 14.0 Å². The minimum atomic E-state index is -0.353. The summed E-state index contributed by atoms with van der Waals surface area (Å²) in [6.45, 7) is 8.62. The van der Waals surface area contributed by atoms with Gasteiger partial charge in [0.05, 0.1) is 17.9 Å². The number of fused-ring (bicyclic) bond motifs is 2. The largest absolute Gasteiger partial charge is 0.380 e. The average molecular weight is 505 g/mol. The third-order valence-corrected chi connectivity index (χ3v) is 8.49. The van der Waals surface area contributed by atoms with E-state index < -0.39 is 0 Å². The number of halogens is 2. The van der Waals surface area contributed by atoms with E-state index in [0.29, 0.717) is 39.4 Å². The second-order valence-electron chi connectivity index (χ2n) is 9.88. The molecule has 5 rings (SSSR count). The fraction of sp³-hybridized carbons (Fsp3) is 0.542. The molecule has 2 aromatic rings. The molecule has 2 N–H and O–H groups in total. The van der Waals surface area contributed by atoms with Crippen molar-refractivity contribution in [2.45, 2.75) is 59.2 Å². The highest BCUT2D eigenvalue weighted by atomic mass is 79.9. The first kappa shape index (κ1) is 23.0. The Hall–Kier alpha value is -2.22. The number of carbonyl (C=O) groups excluding carboxylic acids is 1. The molecule has 1 aromatic carbocycles. The smallest absolute Gasteiger partial charge is 0.283 e. The molecular formula is C24H30BrFN4O2. The van der Waals surface area contributed by atoms with E-state index in [1.165, 1.54) is 18.6 Å². The molecule has 0 saturated heterocycles. The van der Waals surface area contributed by atoms with Crippen LogP contribution in [0.5, 0.6) is 0 Å². The minimum absolute atomic E-state index is 0.193. The molecule has 6 nitrogen and oxygen atoms in total. The number of hydrogen-bond donors (Lipinski definition) is 2. The Bertz CT molecular complexity index is 1070. The van der Waals surface area contributed by atoms with E-state index in [1.54, 1.807) is 18.3 Å². The number of carbonyl (C=O) groups is 1. The standard InChI is InChI=1S/C24H30BrFN4O2/c1-13-18-9-16(24(18,3)4)10-19(13)29-20-11-27-30(23(32)22(20)25)12-21(31)28-14(2)15-5-7-17(26)8-6-15/h5-8,11,13-14,16,18-19,29H,9-10,12H2,1-4H3,(H,28,31)/t13-,14?,16+,18-,19-/m1/s1. The predicted octanol–water partition coefficient (Wildman–Crippen LogP) is 4.50. The number of rotatable bonds is 6. The minimum Gasteiger partial charge on any atom is -0.380 e. The highest BCUT2D eigenvalue weighted by molar-refractivity contribution is 9.10. The third-order valence-electron chi connectivity index (χ3n) is 7.72. The summed E-state index contributed by atoms with van der Waals surface area (Å²) in [5.41, 5.74) is 1.49. The van der Waals surface area contributed by atoms with Gasteiger partial charge < -0.3 is 10.6 Å². The predicted molar refractivity (Wildman–Crippen MR) is 126 cm³/mol.